The topological polar surface area (TPSA) is 94.2 Å². The molecule has 148 valence electrons. The maximum Gasteiger partial charge on any atom is 0.340 e. The molecule has 0 saturated heterocycles. The van der Waals surface area contributed by atoms with Crippen LogP contribution in [-0.4, -0.2) is 29.5 Å². The molecule has 0 radical (unpaired) electrons. The highest BCUT2D eigenvalue weighted by Gasteiger charge is 2.29. The summed E-state index contributed by atoms with van der Waals surface area (Å²) in [6, 6.07) is 17.8. The summed E-state index contributed by atoms with van der Waals surface area (Å²) in [5.41, 5.74) is 1.28. The molecule has 0 fully saturated rings. The van der Waals surface area contributed by atoms with Crippen LogP contribution in [0.1, 0.15) is 23.0 Å². The number of hydrogen-bond acceptors (Lipinski definition) is 6. The van der Waals surface area contributed by atoms with Crippen molar-refractivity contribution < 1.29 is 14.3 Å². The predicted molar refractivity (Wildman–Crippen MR) is 111 cm³/mol. The summed E-state index contributed by atoms with van der Waals surface area (Å²) in [6.07, 6.45) is 0. The number of rotatable bonds is 4. The van der Waals surface area contributed by atoms with Crippen LogP contribution in [0.4, 0.5) is 0 Å². The average Bonchev–Trinajstić information content (AvgIpc) is 2.90. The Morgan fingerprint density at radius 3 is 2.50 bits per heavy atom. The van der Waals surface area contributed by atoms with Crippen LogP contribution < -0.4 is 10.2 Å². The van der Waals surface area contributed by atoms with E-state index in [4.69, 9.17) is 9.47 Å². The van der Waals surface area contributed by atoms with Gasteiger partial charge in [0.1, 0.15) is 17.5 Å². The smallest absolute Gasteiger partial charge is 0.340 e. The van der Waals surface area contributed by atoms with E-state index in [2.05, 4.69) is 5.10 Å². The van der Waals surface area contributed by atoms with Crippen molar-refractivity contribution in [3.8, 4) is 28.6 Å². The van der Waals surface area contributed by atoms with Crippen LogP contribution in [0.2, 0.25) is 0 Å². The Hall–Kier alpha value is -4.18. The molecule has 0 amide bonds. The van der Waals surface area contributed by atoms with E-state index in [0.717, 1.165) is 0 Å². The molecule has 1 aromatic heterocycles. The molecule has 2 aromatic rings. The van der Waals surface area contributed by atoms with Crippen molar-refractivity contribution in [2.75, 3.05) is 13.7 Å². The van der Waals surface area contributed by atoms with Crippen molar-refractivity contribution in [3.63, 3.8) is 0 Å². The van der Waals surface area contributed by atoms with E-state index < -0.39 is 11.4 Å². The summed E-state index contributed by atoms with van der Waals surface area (Å²) in [5.74, 6) is -0.0947. The van der Waals surface area contributed by atoms with E-state index in [0.29, 0.717) is 22.6 Å². The first-order valence-corrected chi connectivity index (χ1v) is 9.30. The Kier molecular flexibility index (Phi) is 4.90. The second-order valence-electron chi connectivity index (χ2n) is 6.43. The molecule has 0 atom stereocenters. The maximum atomic E-state index is 13.1. The van der Waals surface area contributed by atoms with E-state index in [-0.39, 0.29) is 28.8 Å². The molecule has 0 unspecified atom stereocenters. The van der Waals surface area contributed by atoms with Crippen LogP contribution in [0.5, 0.6) is 5.75 Å². The third-order valence-electron chi connectivity index (χ3n) is 4.80. The van der Waals surface area contributed by atoms with E-state index in [1.54, 1.807) is 61.5 Å². The second-order valence-corrected chi connectivity index (χ2v) is 6.43. The van der Waals surface area contributed by atoms with Gasteiger partial charge < -0.3 is 9.47 Å². The van der Waals surface area contributed by atoms with Gasteiger partial charge in [-0.15, -0.1) is 0 Å². The second kappa shape index (κ2) is 7.68. The number of carbonyl (C=O) groups is 1. The minimum atomic E-state index is -0.571. The minimum Gasteiger partial charge on any atom is -0.494 e. The van der Waals surface area contributed by atoms with E-state index in [1.807, 2.05) is 6.07 Å². The molecule has 2 aliphatic rings. The fraction of sp³-hybridized carbons (Fsp3) is 0.130. The molecule has 7 nitrogen and oxygen atoms in total. The fourth-order valence-electron chi connectivity index (χ4n) is 3.58. The summed E-state index contributed by atoms with van der Waals surface area (Å²) in [5, 5.41) is 14.1. The number of esters is 1. The lowest BCUT2D eigenvalue weighted by Crippen LogP contribution is -2.17. The lowest BCUT2D eigenvalue weighted by atomic mass is 10.1. The first-order valence-electron chi connectivity index (χ1n) is 9.30. The number of ether oxygens (including phenoxy) is 2. The average molecular weight is 399 g/mol. The molecule has 0 aliphatic heterocycles. The van der Waals surface area contributed by atoms with Gasteiger partial charge in [-0.05, 0) is 30.2 Å². The molecule has 4 rings (SSSR count). The molecule has 2 aliphatic carbocycles. The highest BCUT2D eigenvalue weighted by Crippen LogP contribution is 2.39. The van der Waals surface area contributed by atoms with Crippen molar-refractivity contribution in [2.24, 2.45) is 0 Å². The third kappa shape index (κ3) is 2.86. The zero-order valence-electron chi connectivity index (χ0n) is 16.4. The minimum absolute atomic E-state index is 0.175. The Labute approximate surface area is 172 Å². The predicted octanol–water partition coefficient (Wildman–Crippen LogP) is 3.55. The van der Waals surface area contributed by atoms with Gasteiger partial charge in [-0.25, -0.2) is 9.48 Å². The van der Waals surface area contributed by atoms with Gasteiger partial charge in [-0.1, -0.05) is 42.5 Å². The Balaban J connectivity index is 2.29. The van der Waals surface area contributed by atoms with Gasteiger partial charge in [-0.2, -0.15) is 10.4 Å². The van der Waals surface area contributed by atoms with E-state index >= 15 is 0 Å². The van der Waals surface area contributed by atoms with Gasteiger partial charge in [0.25, 0.3) is 0 Å². The first-order chi connectivity index (χ1) is 14.6. The van der Waals surface area contributed by atoms with Gasteiger partial charge in [0.05, 0.1) is 30.2 Å². The summed E-state index contributed by atoms with van der Waals surface area (Å²) < 4.78 is 12.2. The molecule has 30 heavy (non-hydrogen) atoms. The zero-order chi connectivity index (χ0) is 21.3. The molecular weight excluding hydrogens is 382 g/mol. The largest absolute Gasteiger partial charge is 0.494 e. The number of fused-ring (bicyclic) bond motifs is 3. The van der Waals surface area contributed by atoms with Crippen molar-refractivity contribution >= 4 is 16.9 Å². The number of benzene rings is 1. The normalized spacial score (nSPS) is 10.7. The highest BCUT2D eigenvalue weighted by atomic mass is 16.5. The number of nitrogens with zero attached hydrogens (tertiary/aromatic N) is 3. The molecule has 0 bridgehead atoms. The van der Waals surface area contributed by atoms with Crippen LogP contribution in [0.25, 0.3) is 27.7 Å². The number of carbonyl (C=O) groups excluding carboxylic acids is 1. The molecule has 0 spiro atoms. The van der Waals surface area contributed by atoms with Crippen LogP contribution in [0, 0.1) is 11.3 Å². The monoisotopic (exact) mass is 399 g/mol. The van der Waals surface area contributed by atoms with Crippen molar-refractivity contribution in [3.05, 3.63) is 76.1 Å². The number of hydrogen-bond donors (Lipinski definition) is 0. The summed E-state index contributed by atoms with van der Waals surface area (Å²) in [6.45, 7) is 1.89. The summed E-state index contributed by atoms with van der Waals surface area (Å²) >= 11 is 0. The van der Waals surface area contributed by atoms with E-state index in [9.17, 15) is 14.9 Å². The van der Waals surface area contributed by atoms with Gasteiger partial charge in [0, 0.05) is 0 Å². The molecule has 0 saturated carbocycles. The molecule has 7 heteroatoms. The molecule has 0 N–H and O–H groups in total. The van der Waals surface area contributed by atoms with Crippen LogP contribution >= 0.6 is 0 Å². The lowest BCUT2D eigenvalue weighted by Gasteiger charge is -2.13. The Bertz CT molecular complexity index is 1350. The van der Waals surface area contributed by atoms with Gasteiger partial charge in [-0.3, -0.25) is 4.79 Å². The van der Waals surface area contributed by atoms with E-state index in [1.165, 1.54) is 11.8 Å². The standard InChI is InChI=1S/C23H17N3O4/c1-3-30-23(28)20-15-10-6-4-5-9-14(15)19-21(20)26(25-16(13-24)22(19)27)17-11-7-8-12-18(17)29-2/h4-12H,3H2,1-2H3. The molecular formula is C23H17N3O4. The number of aromatic nitrogens is 2. The van der Waals surface area contributed by atoms with Gasteiger partial charge in [0.2, 0.25) is 11.1 Å². The number of nitriles is 1. The molecule has 1 aromatic carbocycles. The van der Waals surface area contributed by atoms with Crippen LogP contribution in [-0.2, 0) is 4.74 Å². The summed E-state index contributed by atoms with van der Waals surface area (Å²) in [4.78, 5) is 26.1. The Morgan fingerprint density at radius 1 is 1.10 bits per heavy atom. The number of para-hydroxylation sites is 2. The third-order valence-corrected chi connectivity index (χ3v) is 4.80. The first kappa shape index (κ1) is 19.2. The maximum absolute atomic E-state index is 13.1. The van der Waals surface area contributed by atoms with Crippen molar-refractivity contribution in [2.45, 2.75) is 6.92 Å². The molecule has 1 heterocycles. The fourth-order valence-corrected chi connectivity index (χ4v) is 3.58. The van der Waals surface area contributed by atoms with Crippen molar-refractivity contribution in [1.82, 2.24) is 9.78 Å². The highest BCUT2D eigenvalue weighted by molar-refractivity contribution is 6.17. The zero-order valence-corrected chi connectivity index (χ0v) is 16.4. The van der Waals surface area contributed by atoms with Gasteiger partial charge >= 0.3 is 5.97 Å². The summed E-state index contributed by atoms with van der Waals surface area (Å²) in [7, 11) is 1.51. The Morgan fingerprint density at radius 2 is 1.80 bits per heavy atom. The number of methoxy groups -OCH3 is 1. The van der Waals surface area contributed by atoms with Crippen molar-refractivity contribution in [1.29, 1.82) is 5.26 Å². The van der Waals surface area contributed by atoms with Gasteiger partial charge in [0.15, 0.2) is 0 Å². The quantitative estimate of drug-likeness (QED) is 0.487. The van der Waals surface area contributed by atoms with Crippen LogP contribution in [0.3, 0.4) is 0 Å². The van der Waals surface area contributed by atoms with Crippen LogP contribution in [0.15, 0.2) is 59.4 Å². The SMILES string of the molecule is CCOC(=O)c1c2cccccc-2c2c(=O)c(C#N)nn(-c3ccccc3OC)c12. The lowest BCUT2D eigenvalue weighted by molar-refractivity contribution is 0.0529.